The van der Waals surface area contributed by atoms with Crippen LogP contribution in [0.15, 0.2) is 24.3 Å². The Morgan fingerprint density at radius 2 is 1.85 bits per heavy atom. The van der Waals surface area contributed by atoms with Gasteiger partial charge >= 0.3 is 0 Å². The van der Waals surface area contributed by atoms with Crippen molar-refractivity contribution in [3.8, 4) is 0 Å². The highest BCUT2D eigenvalue weighted by Gasteiger charge is 2.14. The number of halogens is 1. The van der Waals surface area contributed by atoms with Gasteiger partial charge in [-0.05, 0) is 72.3 Å². The monoisotopic (exact) mass is 296 g/mol. The molecule has 0 saturated carbocycles. The van der Waals surface area contributed by atoms with Crippen molar-refractivity contribution in [3.63, 3.8) is 0 Å². The molecule has 1 aromatic carbocycles. The van der Waals surface area contributed by atoms with Crippen molar-refractivity contribution in [2.24, 2.45) is 0 Å². The second-order valence-electron chi connectivity index (χ2n) is 6.56. The fourth-order valence-corrected chi connectivity index (χ4v) is 2.49. The molecule has 0 spiro atoms. The van der Waals surface area contributed by atoms with E-state index in [1.807, 2.05) is 12.1 Å². The molecule has 0 aliphatic rings. The number of benzene rings is 1. The Labute approximate surface area is 129 Å². The first-order chi connectivity index (χ1) is 9.31. The largest absolute Gasteiger partial charge is 0.312 e. The third-order valence-electron chi connectivity index (χ3n) is 3.61. The van der Waals surface area contributed by atoms with E-state index >= 15 is 0 Å². The van der Waals surface area contributed by atoms with Crippen molar-refractivity contribution in [2.75, 3.05) is 20.1 Å². The third kappa shape index (κ3) is 6.25. The zero-order valence-corrected chi connectivity index (χ0v) is 14.3. The smallest absolute Gasteiger partial charge is 0.0453 e. The van der Waals surface area contributed by atoms with Crippen LogP contribution in [-0.2, 0) is 0 Å². The predicted octanol–water partition coefficient (Wildman–Crippen LogP) is 4.50. The van der Waals surface area contributed by atoms with Gasteiger partial charge in [-0.25, -0.2) is 0 Å². The third-order valence-corrected chi connectivity index (χ3v) is 3.95. The molecule has 0 fully saturated rings. The molecule has 1 unspecified atom stereocenters. The topological polar surface area (TPSA) is 15.3 Å². The molecule has 0 radical (unpaired) electrons. The Bertz CT molecular complexity index is 398. The van der Waals surface area contributed by atoms with Crippen LogP contribution < -0.4 is 5.32 Å². The lowest BCUT2D eigenvalue weighted by molar-refractivity contribution is 0.254. The SMILES string of the molecule is CC(c1ccccc1Cl)N(C)CCCCNC(C)(C)C. The van der Waals surface area contributed by atoms with Crippen LogP contribution in [0.4, 0.5) is 0 Å². The van der Waals surface area contributed by atoms with Gasteiger partial charge in [0.25, 0.3) is 0 Å². The van der Waals surface area contributed by atoms with Crippen LogP contribution in [-0.4, -0.2) is 30.6 Å². The van der Waals surface area contributed by atoms with Crippen molar-refractivity contribution in [1.29, 1.82) is 0 Å². The van der Waals surface area contributed by atoms with Gasteiger partial charge in [0.15, 0.2) is 0 Å². The zero-order valence-electron chi connectivity index (χ0n) is 13.5. The van der Waals surface area contributed by atoms with Gasteiger partial charge in [0.1, 0.15) is 0 Å². The van der Waals surface area contributed by atoms with Gasteiger partial charge in [-0.15, -0.1) is 0 Å². The molecule has 0 amide bonds. The van der Waals surface area contributed by atoms with Crippen molar-refractivity contribution in [3.05, 3.63) is 34.9 Å². The zero-order chi connectivity index (χ0) is 15.2. The van der Waals surface area contributed by atoms with Gasteiger partial charge < -0.3 is 5.32 Å². The van der Waals surface area contributed by atoms with E-state index in [2.05, 4.69) is 57.1 Å². The van der Waals surface area contributed by atoms with Gasteiger partial charge in [0, 0.05) is 16.6 Å². The van der Waals surface area contributed by atoms with Gasteiger partial charge in [0.05, 0.1) is 0 Å². The van der Waals surface area contributed by atoms with E-state index < -0.39 is 0 Å². The first-order valence-electron chi connectivity index (χ1n) is 7.51. The summed E-state index contributed by atoms with van der Waals surface area (Å²) in [7, 11) is 2.17. The van der Waals surface area contributed by atoms with Crippen LogP contribution in [0.1, 0.15) is 52.1 Å². The average molecular weight is 297 g/mol. The first kappa shape index (κ1) is 17.5. The number of hydrogen-bond donors (Lipinski definition) is 1. The number of hydrogen-bond acceptors (Lipinski definition) is 2. The first-order valence-corrected chi connectivity index (χ1v) is 7.89. The molecule has 0 aliphatic carbocycles. The number of nitrogens with one attached hydrogen (secondary N) is 1. The quantitative estimate of drug-likeness (QED) is 0.745. The maximum Gasteiger partial charge on any atom is 0.0453 e. The van der Waals surface area contributed by atoms with E-state index in [0.717, 1.165) is 18.1 Å². The summed E-state index contributed by atoms with van der Waals surface area (Å²) in [6.45, 7) is 11.0. The standard InChI is InChI=1S/C17H29ClN2/c1-14(15-10-6-7-11-16(15)18)20(5)13-9-8-12-19-17(2,3)4/h6-7,10-11,14,19H,8-9,12-13H2,1-5H3. The number of nitrogens with zero attached hydrogens (tertiary/aromatic N) is 1. The molecule has 0 aromatic heterocycles. The van der Waals surface area contributed by atoms with Crippen LogP contribution in [0, 0.1) is 0 Å². The molecule has 1 rings (SSSR count). The van der Waals surface area contributed by atoms with Crippen LogP contribution in [0.2, 0.25) is 5.02 Å². The minimum absolute atomic E-state index is 0.219. The molecule has 0 bridgehead atoms. The Morgan fingerprint density at radius 1 is 1.20 bits per heavy atom. The van der Waals surface area contributed by atoms with Crippen molar-refractivity contribution < 1.29 is 0 Å². The summed E-state index contributed by atoms with van der Waals surface area (Å²) in [6.07, 6.45) is 2.41. The Morgan fingerprint density at radius 3 is 2.45 bits per heavy atom. The molecule has 1 aromatic rings. The van der Waals surface area contributed by atoms with Crippen LogP contribution in [0.25, 0.3) is 0 Å². The van der Waals surface area contributed by atoms with Crippen LogP contribution in [0.5, 0.6) is 0 Å². The molecule has 20 heavy (non-hydrogen) atoms. The van der Waals surface area contributed by atoms with E-state index in [9.17, 15) is 0 Å². The maximum atomic E-state index is 6.26. The van der Waals surface area contributed by atoms with E-state index in [-0.39, 0.29) is 5.54 Å². The van der Waals surface area contributed by atoms with Crippen molar-refractivity contribution in [1.82, 2.24) is 10.2 Å². The van der Waals surface area contributed by atoms with Crippen molar-refractivity contribution in [2.45, 2.75) is 52.1 Å². The Balaban J connectivity index is 2.32. The predicted molar refractivity (Wildman–Crippen MR) is 89.5 cm³/mol. The van der Waals surface area contributed by atoms with Gasteiger partial charge in [-0.1, -0.05) is 29.8 Å². The van der Waals surface area contributed by atoms with E-state index in [0.29, 0.717) is 6.04 Å². The highest BCUT2D eigenvalue weighted by Crippen LogP contribution is 2.26. The molecule has 0 saturated heterocycles. The second-order valence-corrected chi connectivity index (χ2v) is 6.97. The molecule has 1 N–H and O–H groups in total. The lowest BCUT2D eigenvalue weighted by Gasteiger charge is -2.26. The highest BCUT2D eigenvalue weighted by atomic mass is 35.5. The number of unbranched alkanes of at least 4 members (excludes halogenated alkanes) is 1. The fraction of sp³-hybridized carbons (Fsp3) is 0.647. The lowest BCUT2D eigenvalue weighted by atomic mass is 10.1. The van der Waals surface area contributed by atoms with E-state index in [1.165, 1.54) is 18.4 Å². The molecule has 114 valence electrons. The average Bonchev–Trinajstić information content (AvgIpc) is 2.36. The minimum atomic E-state index is 0.219. The van der Waals surface area contributed by atoms with Gasteiger partial charge in [-0.3, -0.25) is 4.90 Å². The number of rotatable bonds is 7. The summed E-state index contributed by atoms with van der Waals surface area (Å²) < 4.78 is 0. The molecular weight excluding hydrogens is 268 g/mol. The molecular formula is C17H29ClN2. The molecule has 1 atom stereocenters. The summed E-state index contributed by atoms with van der Waals surface area (Å²) in [4.78, 5) is 2.37. The minimum Gasteiger partial charge on any atom is -0.312 e. The Kier molecular flexibility index (Phi) is 7.01. The summed E-state index contributed by atoms with van der Waals surface area (Å²) in [5.41, 5.74) is 1.43. The highest BCUT2D eigenvalue weighted by molar-refractivity contribution is 6.31. The van der Waals surface area contributed by atoms with Crippen LogP contribution in [0.3, 0.4) is 0 Å². The van der Waals surface area contributed by atoms with E-state index in [4.69, 9.17) is 11.6 Å². The summed E-state index contributed by atoms with van der Waals surface area (Å²) in [5.74, 6) is 0. The lowest BCUT2D eigenvalue weighted by Crippen LogP contribution is -2.36. The fourth-order valence-electron chi connectivity index (χ4n) is 2.19. The summed E-state index contributed by atoms with van der Waals surface area (Å²) in [5, 5.41) is 4.39. The summed E-state index contributed by atoms with van der Waals surface area (Å²) in [6, 6.07) is 8.48. The molecule has 2 nitrogen and oxygen atoms in total. The van der Waals surface area contributed by atoms with E-state index in [1.54, 1.807) is 0 Å². The Hall–Kier alpha value is -0.570. The van der Waals surface area contributed by atoms with Gasteiger partial charge in [-0.2, -0.15) is 0 Å². The van der Waals surface area contributed by atoms with Crippen LogP contribution >= 0.6 is 11.6 Å². The second kappa shape index (κ2) is 8.02. The normalized spacial score (nSPS) is 13.8. The molecule has 3 heteroatoms. The molecule has 0 heterocycles. The van der Waals surface area contributed by atoms with Crippen molar-refractivity contribution >= 4 is 11.6 Å². The molecule has 0 aliphatic heterocycles. The maximum absolute atomic E-state index is 6.26. The summed E-state index contributed by atoms with van der Waals surface area (Å²) >= 11 is 6.26. The van der Waals surface area contributed by atoms with Gasteiger partial charge in [0.2, 0.25) is 0 Å².